The number of hydrogen-bond acceptors (Lipinski definition) is 4. The first-order valence-corrected chi connectivity index (χ1v) is 7.09. The van der Waals surface area contributed by atoms with Crippen LogP contribution in [0.25, 0.3) is 0 Å². The van der Waals surface area contributed by atoms with E-state index in [1.165, 1.54) is 25.0 Å². The predicted molar refractivity (Wildman–Crippen MR) is 77.0 cm³/mol. The summed E-state index contributed by atoms with van der Waals surface area (Å²) in [7, 11) is 1.72. The maximum Gasteiger partial charge on any atom is 0.257 e. The van der Waals surface area contributed by atoms with Gasteiger partial charge in [0.25, 0.3) is 5.91 Å². The fraction of sp³-hybridized carbons (Fsp3) is 0.533. The Morgan fingerprint density at radius 1 is 1.40 bits per heavy atom. The van der Waals surface area contributed by atoms with E-state index in [9.17, 15) is 15.0 Å². The van der Waals surface area contributed by atoms with Crippen molar-refractivity contribution in [3.05, 3.63) is 23.8 Å². The molecule has 0 spiro atoms. The predicted octanol–water partition coefficient (Wildman–Crippen LogP) is 1.70. The molecule has 0 radical (unpaired) electrons. The summed E-state index contributed by atoms with van der Waals surface area (Å²) in [5.41, 5.74) is 0.143. The molecule has 1 heterocycles. The fourth-order valence-electron chi connectivity index (χ4n) is 2.53. The van der Waals surface area contributed by atoms with Crippen LogP contribution in [0.2, 0.25) is 0 Å². The van der Waals surface area contributed by atoms with Crippen molar-refractivity contribution in [3.8, 4) is 11.5 Å². The van der Waals surface area contributed by atoms with Crippen molar-refractivity contribution in [2.24, 2.45) is 0 Å². The number of rotatable bonds is 4. The molecule has 5 nitrogen and oxygen atoms in total. The molecule has 1 unspecified atom stereocenters. The molecule has 110 valence electrons. The Bertz CT molecular complexity index is 470. The molecular weight excluding hydrogens is 256 g/mol. The number of piperidine rings is 1. The van der Waals surface area contributed by atoms with Gasteiger partial charge in [-0.15, -0.1) is 0 Å². The Hall–Kier alpha value is -1.75. The Labute approximate surface area is 119 Å². The van der Waals surface area contributed by atoms with Crippen molar-refractivity contribution in [1.82, 2.24) is 10.2 Å². The van der Waals surface area contributed by atoms with Crippen LogP contribution in [0.1, 0.15) is 36.0 Å². The molecule has 0 saturated carbocycles. The molecule has 1 saturated heterocycles. The van der Waals surface area contributed by atoms with Crippen molar-refractivity contribution in [2.45, 2.75) is 31.7 Å². The molecule has 0 aliphatic carbocycles. The first-order chi connectivity index (χ1) is 9.59. The molecule has 1 amide bonds. The van der Waals surface area contributed by atoms with E-state index in [-0.39, 0.29) is 23.0 Å². The van der Waals surface area contributed by atoms with E-state index in [0.29, 0.717) is 12.6 Å². The second-order valence-electron chi connectivity index (χ2n) is 5.34. The lowest BCUT2D eigenvalue weighted by atomic mass is 10.0. The van der Waals surface area contributed by atoms with Crippen LogP contribution in [0, 0.1) is 0 Å². The SMILES string of the molecule is CN(CCC1CCCCN1)C(=O)c1cccc(O)c1O. The molecule has 1 aliphatic heterocycles. The van der Waals surface area contributed by atoms with Crippen molar-refractivity contribution in [3.63, 3.8) is 0 Å². The number of nitrogens with zero attached hydrogens (tertiary/aromatic N) is 1. The van der Waals surface area contributed by atoms with Gasteiger partial charge in [-0.2, -0.15) is 0 Å². The highest BCUT2D eigenvalue weighted by atomic mass is 16.3. The maximum atomic E-state index is 12.2. The Kier molecular flexibility index (Phi) is 4.84. The quantitative estimate of drug-likeness (QED) is 0.733. The molecule has 2 rings (SSSR count). The summed E-state index contributed by atoms with van der Waals surface area (Å²) in [5, 5.41) is 22.6. The highest BCUT2D eigenvalue weighted by Gasteiger charge is 2.19. The van der Waals surface area contributed by atoms with Crippen molar-refractivity contribution < 1.29 is 15.0 Å². The number of para-hydroxylation sites is 1. The highest BCUT2D eigenvalue weighted by molar-refractivity contribution is 5.97. The van der Waals surface area contributed by atoms with Gasteiger partial charge >= 0.3 is 0 Å². The number of carbonyl (C=O) groups is 1. The van der Waals surface area contributed by atoms with Crippen molar-refractivity contribution in [1.29, 1.82) is 0 Å². The van der Waals surface area contributed by atoms with Crippen LogP contribution >= 0.6 is 0 Å². The summed E-state index contributed by atoms with van der Waals surface area (Å²) >= 11 is 0. The number of phenols is 2. The van der Waals surface area contributed by atoms with Gasteiger partial charge in [0.15, 0.2) is 11.5 Å². The Balaban J connectivity index is 1.92. The molecule has 1 fully saturated rings. The summed E-state index contributed by atoms with van der Waals surface area (Å²) in [6.07, 6.45) is 4.52. The van der Waals surface area contributed by atoms with Gasteiger partial charge in [0.1, 0.15) is 0 Å². The summed E-state index contributed by atoms with van der Waals surface area (Å²) < 4.78 is 0. The second kappa shape index (κ2) is 6.61. The standard InChI is InChI=1S/C15H22N2O3/c1-17(10-8-11-5-2-3-9-16-11)15(20)12-6-4-7-13(18)14(12)19/h4,6-7,11,16,18-19H,2-3,5,8-10H2,1H3. The van der Waals surface area contributed by atoms with Crippen molar-refractivity contribution in [2.75, 3.05) is 20.1 Å². The van der Waals surface area contributed by atoms with E-state index in [0.717, 1.165) is 19.4 Å². The van der Waals surface area contributed by atoms with Gasteiger partial charge < -0.3 is 20.4 Å². The number of benzene rings is 1. The zero-order valence-corrected chi connectivity index (χ0v) is 11.8. The number of carbonyl (C=O) groups excluding carboxylic acids is 1. The minimum atomic E-state index is -0.347. The zero-order chi connectivity index (χ0) is 14.5. The van der Waals surface area contributed by atoms with Gasteiger partial charge in [0.2, 0.25) is 0 Å². The maximum absolute atomic E-state index is 12.2. The molecule has 1 aliphatic rings. The molecule has 1 aromatic rings. The highest BCUT2D eigenvalue weighted by Crippen LogP contribution is 2.28. The monoisotopic (exact) mass is 278 g/mol. The third kappa shape index (κ3) is 3.42. The first kappa shape index (κ1) is 14.7. The molecule has 3 N–H and O–H groups in total. The van der Waals surface area contributed by atoms with Gasteiger partial charge in [-0.05, 0) is 37.9 Å². The van der Waals surface area contributed by atoms with Gasteiger partial charge in [-0.1, -0.05) is 12.5 Å². The third-order valence-electron chi connectivity index (χ3n) is 3.82. The van der Waals surface area contributed by atoms with Crippen LogP contribution in [0.4, 0.5) is 0 Å². The number of hydrogen-bond donors (Lipinski definition) is 3. The topological polar surface area (TPSA) is 72.8 Å². The van der Waals surface area contributed by atoms with Crippen LogP contribution in [0.5, 0.6) is 11.5 Å². The van der Waals surface area contributed by atoms with Crippen LogP contribution < -0.4 is 5.32 Å². The average Bonchev–Trinajstić information content (AvgIpc) is 2.48. The minimum Gasteiger partial charge on any atom is -0.504 e. The number of phenolic OH excluding ortho intramolecular Hbond substituents is 2. The minimum absolute atomic E-state index is 0.143. The smallest absolute Gasteiger partial charge is 0.257 e. The van der Waals surface area contributed by atoms with E-state index in [2.05, 4.69) is 5.32 Å². The molecule has 5 heteroatoms. The summed E-state index contributed by atoms with van der Waals surface area (Å²) in [6, 6.07) is 4.90. The van der Waals surface area contributed by atoms with Crippen molar-refractivity contribution >= 4 is 5.91 Å². The second-order valence-corrected chi connectivity index (χ2v) is 5.34. The lowest BCUT2D eigenvalue weighted by Gasteiger charge is -2.26. The lowest BCUT2D eigenvalue weighted by molar-refractivity contribution is 0.0784. The van der Waals surface area contributed by atoms with E-state index < -0.39 is 0 Å². The normalized spacial score (nSPS) is 18.8. The largest absolute Gasteiger partial charge is 0.504 e. The van der Waals surface area contributed by atoms with Gasteiger partial charge in [-0.3, -0.25) is 4.79 Å². The third-order valence-corrected chi connectivity index (χ3v) is 3.82. The Morgan fingerprint density at radius 2 is 2.20 bits per heavy atom. The number of amides is 1. The number of nitrogens with one attached hydrogen (secondary N) is 1. The van der Waals surface area contributed by atoms with Crippen LogP contribution in [0.15, 0.2) is 18.2 Å². The molecule has 0 bridgehead atoms. The summed E-state index contributed by atoms with van der Waals surface area (Å²) in [6.45, 7) is 1.68. The van der Waals surface area contributed by atoms with Gasteiger partial charge in [0, 0.05) is 19.6 Å². The molecule has 20 heavy (non-hydrogen) atoms. The van der Waals surface area contributed by atoms with Crippen LogP contribution in [-0.2, 0) is 0 Å². The summed E-state index contributed by atoms with van der Waals surface area (Å²) in [4.78, 5) is 13.8. The molecule has 0 aromatic heterocycles. The summed E-state index contributed by atoms with van der Waals surface area (Å²) in [5.74, 6) is -0.882. The fourth-order valence-corrected chi connectivity index (χ4v) is 2.53. The van der Waals surface area contributed by atoms with E-state index in [1.54, 1.807) is 18.0 Å². The zero-order valence-electron chi connectivity index (χ0n) is 11.8. The van der Waals surface area contributed by atoms with Crippen LogP contribution in [0.3, 0.4) is 0 Å². The van der Waals surface area contributed by atoms with E-state index >= 15 is 0 Å². The average molecular weight is 278 g/mol. The Morgan fingerprint density at radius 3 is 2.90 bits per heavy atom. The first-order valence-electron chi connectivity index (χ1n) is 7.09. The van der Waals surface area contributed by atoms with Gasteiger partial charge in [-0.25, -0.2) is 0 Å². The van der Waals surface area contributed by atoms with Crippen LogP contribution in [-0.4, -0.2) is 47.2 Å². The van der Waals surface area contributed by atoms with Gasteiger partial charge in [0.05, 0.1) is 5.56 Å². The van der Waals surface area contributed by atoms with E-state index in [1.807, 2.05) is 0 Å². The molecule has 1 aromatic carbocycles. The molecular formula is C15H22N2O3. The number of aromatic hydroxyl groups is 2. The van der Waals surface area contributed by atoms with E-state index in [4.69, 9.17) is 0 Å². The molecule has 1 atom stereocenters. The lowest BCUT2D eigenvalue weighted by Crippen LogP contribution is -2.38.